The summed E-state index contributed by atoms with van der Waals surface area (Å²) in [6.07, 6.45) is -22.4. The quantitative estimate of drug-likeness (QED) is 0.0434. The zero-order chi connectivity index (χ0) is 63.9. The Labute approximate surface area is 496 Å². The van der Waals surface area contributed by atoms with Gasteiger partial charge >= 0.3 is 0 Å². The summed E-state index contributed by atoms with van der Waals surface area (Å²) in [4.78, 5) is 82.7. The van der Waals surface area contributed by atoms with E-state index in [-0.39, 0.29) is 69.1 Å². The monoisotopic (exact) mass is 1240 g/mol. The molecule has 5 aliphatic heterocycles. The Morgan fingerprint density at radius 3 is 2.18 bits per heavy atom. The molecule has 4 amide bonds. The summed E-state index contributed by atoms with van der Waals surface area (Å²) in [6, 6.07) is 1.78. The highest BCUT2D eigenvalue weighted by molar-refractivity contribution is 5.98. The van der Waals surface area contributed by atoms with Gasteiger partial charge in [0.25, 0.3) is 28.8 Å². The largest absolute Gasteiger partial charge is 0.502 e. The summed E-state index contributed by atoms with van der Waals surface area (Å²) >= 11 is 0. The van der Waals surface area contributed by atoms with E-state index in [0.29, 0.717) is 5.69 Å². The molecular formula is C53H80N8O26. The molecule has 7 unspecified atom stereocenters. The molecule has 7 heterocycles. The molecule has 0 bridgehead atoms. The maximum Gasteiger partial charge on any atom is 0.294 e. The van der Waals surface area contributed by atoms with Crippen LogP contribution in [-0.4, -0.2) is 276 Å². The van der Waals surface area contributed by atoms with Crippen LogP contribution in [0.5, 0.6) is 11.5 Å². The number of pyridine rings is 2. The Balaban J connectivity index is 0.897. The van der Waals surface area contributed by atoms with Crippen LogP contribution in [0, 0.1) is 13.8 Å². The van der Waals surface area contributed by atoms with Crippen molar-refractivity contribution in [2.75, 3.05) is 72.4 Å². The van der Waals surface area contributed by atoms with Crippen molar-refractivity contribution in [1.82, 2.24) is 41.5 Å². The highest BCUT2D eigenvalue weighted by Gasteiger charge is 2.63. The molecular weight excluding hydrogens is 1160 g/mol. The van der Waals surface area contributed by atoms with E-state index < -0.39 is 200 Å². The highest BCUT2D eigenvalue weighted by Crippen LogP contribution is 2.41. The van der Waals surface area contributed by atoms with E-state index in [2.05, 4.69) is 36.9 Å². The Morgan fingerprint density at radius 1 is 0.805 bits per heavy atom. The number of aromatic hydroxyl groups is 1. The summed E-state index contributed by atoms with van der Waals surface area (Å²) < 4.78 is 47.3. The number of carbonyl (C=O) groups excluding carboxylic acids is 4. The molecule has 5 aliphatic rings. The standard InChI is InChI=1S/C53H80N8O26/c1-23(2)81-21-52(41(71)36(67)31(19-63)84-52)82-22-53(87-49-39(70)38(69)35(66)30(18-62)83-49)42(72)37(68)32(85-53)20-80-12-6-8-55-33(64)17-61-26(5)14-28(34(65)48(61)78)44(74)57-11-10-54-16-27-7-9-56-45(75)29-13-24(3)58-46(76)40(29)86-51(50(79)60-27)15-25(4)59-47(77)43(51)73/h13-15,23,27,30-32,35-39,41-43,47,49,54,59,62-63,65-73,77H,6-12,16-22H2,1-5H3,(H,55,64)(H,56,75)(H,57,74)(H,58,76)(H,60,79)/t27?,30?,31-,32-,35-,36+,37+,38+,39?,41-,42-,43?,47?,49-,51-,52?,53?/m1/s1. The normalized spacial score (nSPS) is 33.6. The Morgan fingerprint density at radius 2 is 1.49 bits per heavy atom. The SMILES string of the molecule is CC1=C[C@@]2(Oc3c(cc(C)[nH]c3=O)C(=O)NCCC(CNCCNC(=O)c3cc(C)n(CC(=O)NCCCOC[C@H]4OC(COC5(COC(C)C)O[C@H](CO)[C@H](O)[C@H]5O)(O[C@H]5OC(CO)[C@@H](O)[C@H](O)C5O)[C@H](O)[C@H]4O)c(=O)c3O)NC2=O)C(O)C(O)N1. The van der Waals surface area contributed by atoms with Crippen LogP contribution in [0.1, 0.15) is 65.7 Å². The van der Waals surface area contributed by atoms with Crippen LogP contribution in [0.3, 0.4) is 0 Å². The molecule has 34 nitrogen and oxygen atoms in total. The molecule has 2 aromatic rings. The highest BCUT2D eigenvalue weighted by atomic mass is 16.8. The lowest BCUT2D eigenvalue weighted by atomic mass is 9.88. The van der Waals surface area contributed by atoms with Gasteiger partial charge in [-0.25, -0.2) is 0 Å². The number of allylic oxidation sites excluding steroid dienone is 1. The number of hydrogen-bond acceptors (Lipinski definition) is 28. The minimum absolute atomic E-state index is 0.00612. The van der Waals surface area contributed by atoms with Crippen molar-refractivity contribution in [2.45, 2.75) is 163 Å². The van der Waals surface area contributed by atoms with Crippen LogP contribution in [0.15, 0.2) is 33.5 Å². The van der Waals surface area contributed by atoms with Crippen molar-refractivity contribution in [3.63, 3.8) is 0 Å². The van der Waals surface area contributed by atoms with E-state index in [9.17, 15) is 90.0 Å². The predicted molar refractivity (Wildman–Crippen MR) is 292 cm³/mol. The van der Waals surface area contributed by atoms with Crippen molar-refractivity contribution < 1.29 is 118 Å². The van der Waals surface area contributed by atoms with E-state index in [0.717, 1.165) is 4.57 Å². The summed E-state index contributed by atoms with van der Waals surface area (Å²) in [5.41, 5.74) is -4.24. The van der Waals surface area contributed by atoms with Gasteiger partial charge in [0.05, 0.1) is 37.1 Å². The molecule has 488 valence electrons. The number of fused-ring (bicyclic) bond motifs is 1. The number of aliphatic hydroxyl groups is 11. The molecule has 1 spiro atoms. The number of hydrogen-bond donors (Lipinski definition) is 19. The van der Waals surface area contributed by atoms with Gasteiger partial charge in [-0.15, -0.1) is 0 Å². The van der Waals surface area contributed by atoms with Crippen LogP contribution in [0.4, 0.5) is 0 Å². The first-order valence-electron chi connectivity index (χ1n) is 28.2. The van der Waals surface area contributed by atoms with Gasteiger partial charge in [-0.05, 0) is 65.7 Å². The molecule has 17 atom stereocenters. The first-order chi connectivity index (χ1) is 41.1. The molecule has 87 heavy (non-hydrogen) atoms. The lowest BCUT2D eigenvalue weighted by Gasteiger charge is -2.44. The van der Waals surface area contributed by atoms with Crippen LogP contribution >= 0.6 is 0 Å². The third-order valence-corrected chi connectivity index (χ3v) is 15.2. The van der Waals surface area contributed by atoms with Crippen molar-refractivity contribution >= 4 is 23.6 Å². The summed E-state index contributed by atoms with van der Waals surface area (Å²) in [6.45, 7) is 3.35. The third-order valence-electron chi connectivity index (χ3n) is 15.2. The zero-order valence-corrected chi connectivity index (χ0v) is 48.3. The molecule has 19 N–H and O–H groups in total. The number of carbonyl (C=O) groups is 4. The van der Waals surface area contributed by atoms with E-state index in [1.807, 2.05) is 0 Å². The molecule has 2 aromatic heterocycles. The average molecular weight is 1250 g/mol. The van der Waals surface area contributed by atoms with Crippen LogP contribution < -0.4 is 47.8 Å². The van der Waals surface area contributed by atoms with Gasteiger partial charge in [-0.2, -0.15) is 0 Å². The van der Waals surface area contributed by atoms with Crippen molar-refractivity contribution in [3.8, 4) is 11.5 Å². The smallest absolute Gasteiger partial charge is 0.294 e. The van der Waals surface area contributed by atoms with Gasteiger partial charge in [0, 0.05) is 62.5 Å². The number of rotatable bonds is 24. The van der Waals surface area contributed by atoms with Crippen LogP contribution in [-0.2, 0) is 49.3 Å². The summed E-state index contributed by atoms with van der Waals surface area (Å²) in [5.74, 6) is -9.53. The van der Waals surface area contributed by atoms with Gasteiger partial charge in [-0.3, -0.25) is 28.8 Å². The van der Waals surface area contributed by atoms with Crippen LogP contribution in [0.2, 0.25) is 0 Å². The van der Waals surface area contributed by atoms with Gasteiger partial charge in [-0.1, -0.05) is 0 Å². The van der Waals surface area contributed by atoms with E-state index in [1.54, 1.807) is 13.8 Å². The van der Waals surface area contributed by atoms with Gasteiger partial charge in [0.15, 0.2) is 30.1 Å². The molecule has 0 aliphatic carbocycles. The van der Waals surface area contributed by atoms with Crippen molar-refractivity contribution in [1.29, 1.82) is 0 Å². The summed E-state index contributed by atoms with van der Waals surface area (Å²) in [5, 5.41) is 145. The third kappa shape index (κ3) is 15.3. The van der Waals surface area contributed by atoms with E-state index >= 15 is 0 Å². The first-order valence-corrected chi connectivity index (χ1v) is 28.2. The predicted octanol–water partition coefficient (Wildman–Crippen LogP) is -8.79. The minimum atomic E-state index is -2.59. The number of H-pyrrole nitrogens is 1. The number of aryl methyl sites for hydroxylation is 2. The van der Waals surface area contributed by atoms with Gasteiger partial charge in [0.1, 0.15) is 80.8 Å². The molecule has 3 saturated heterocycles. The van der Waals surface area contributed by atoms with E-state index in [1.165, 1.54) is 39.0 Å². The second-order valence-corrected chi connectivity index (χ2v) is 22.1. The van der Waals surface area contributed by atoms with Crippen molar-refractivity contribution in [2.24, 2.45) is 0 Å². The second kappa shape index (κ2) is 29.2. The zero-order valence-electron chi connectivity index (χ0n) is 48.3. The maximum atomic E-state index is 14.1. The number of nitrogens with zero attached hydrogens (tertiary/aromatic N) is 1. The fourth-order valence-corrected chi connectivity index (χ4v) is 10.4. The minimum Gasteiger partial charge on any atom is -0.502 e. The fourth-order valence-electron chi connectivity index (χ4n) is 10.4. The van der Waals surface area contributed by atoms with Crippen LogP contribution in [0.25, 0.3) is 0 Å². The molecule has 34 heteroatoms. The Bertz CT molecular complexity index is 2900. The number of nitrogens with one attached hydrogen (secondary N) is 7. The van der Waals surface area contributed by atoms with Crippen molar-refractivity contribution in [3.05, 3.63) is 67.1 Å². The number of amides is 4. The fraction of sp³-hybridized carbons (Fsp3) is 0.698. The van der Waals surface area contributed by atoms with Gasteiger partial charge in [0.2, 0.25) is 23.1 Å². The number of aromatic amines is 1. The Hall–Kier alpha value is -5.84. The molecule has 3 fully saturated rings. The molecule has 7 rings (SSSR count). The number of aliphatic hydroxyl groups excluding tert-OH is 11. The molecule has 0 radical (unpaired) electrons. The lowest BCUT2D eigenvalue weighted by molar-refractivity contribution is -0.400. The first kappa shape index (κ1) is 68.6. The average Bonchev–Trinajstić information content (AvgIpc) is 1.82. The molecule has 0 aromatic carbocycles. The summed E-state index contributed by atoms with van der Waals surface area (Å²) in [7, 11) is 0. The molecule has 0 saturated carbocycles. The number of aromatic nitrogens is 2. The lowest BCUT2D eigenvalue weighted by Crippen LogP contribution is -2.67. The maximum absolute atomic E-state index is 14.1. The Kier molecular flexibility index (Phi) is 23.0. The van der Waals surface area contributed by atoms with Gasteiger partial charge < -0.3 is 141 Å². The number of ether oxygens (including phenoxy) is 8. The van der Waals surface area contributed by atoms with E-state index in [4.69, 9.17) is 37.9 Å². The second-order valence-electron chi connectivity index (χ2n) is 22.1. The topological polar surface area (TPSA) is 512 Å².